The molecule has 0 amide bonds. The normalized spacial score (nSPS) is 15.0. The molecule has 1 aromatic heterocycles. The van der Waals surface area contributed by atoms with E-state index in [1.165, 1.54) is 0 Å². The van der Waals surface area contributed by atoms with Crippen molar-refractivity contribution < 1.29 is 9.90 Å². The number of rotatable bonds is 3. The summed E-state index contributed by atoms with van der Waals surface area (Å²) in [7, 11) is 1.68. The van der Waals surface area contributed by atoms with Crippen molar-refractivity contribution in [2.75, 3.05) is 18.1 Å². The van der Waals surface area contributed by atoms with Crippen LogP contribution in [-0.4, -0.2) is 23.1 Å². The molecule has 0 spiro atoms. The molecule has 0 saturated heterocycles. The van der Waals surface area contributed by atoms with Crippen LogP contribution in [0.1, 0.15) is 34.8 Å². The van der Waals surface area contributed by atoms with E-state index in [2.05, 4.69) is 10.3 Å². The van der Waals surface area contributed by atoms with Crippen LogP contribution in [0.2, 0.25) is 0 Å². The first kappa shape index (κ1) is 9.76. The number of carboxylic acid groups (broad SMARTS) is 1. The average molecular weight is 207 g/mol. The van der Waals surface area contributed by atoms with Crippen LogP contribution in [0.15, 0.2) is 6.07 Å². The number of hydrogen-bond acceptors (Lipinski definition) is 4. The molecule has 0 aliphatic heterocycles. The van der Waals surface area contributed by atoms with Gasteiger partial charge in [-0.25, -0.2) is 9.78 Å². The topological polar surface area (TPSA) is 88.2 Å². The van der Waals surface area contributed by atoms with E-state index in [1.807, 2.05) is 0 Å². The van der Waals surface area contributed by atoms with E-state index >= 15 is 0 Å². The van der Waals surface area contributed by atoms with Gasteiger partial charge in [0.25, 0.3) is 0 Å². The summed E-state index contributed by atoms with van der Waals surface area (Å²) in [4.78, 5) is 15.2. The lowest BCUT2D eigenvalue weighted by atomic mass is 10.1. The number of nitrogens with two attached hydrogens (primary N) is 1. The van der Waals surface area contributed by atoms with Gasteiger partial charge in [-0.15, -0.1) is 0 Å². The number of nitrogens with one attached hydrogen (secondary N) is 1. The third-order valence-corrected chi connectivity index (χ3v) is 2.54. The summed E-state index contributed by atoms with van der Waals surface area (Å²) >= 11 is 0. The van der Waals surface area contributed by atoms with Gasteiger partial charge in [0.15, 0.2) is 0 Å². The number of hydrogen-bond donors (Lipinski definition) is 3. The van der Waals surface area contributed by atoms with Gasteiger partial charge in [0.2, 0.25) is 0 Å². The van der Waals surface area contributed by atoms with Crippen molar-refractivity contribution in [1.82, 2.24) is 4.98 Å². The molecule has 0 atom stereocenters. The number of aromatic nitrogens is 1. The molecule has 80 valence electrons. The maximum atomic E-state index is 10.9. The van der Waals surface area contributed by atoms with E-state index in [4.69, 9.17) is 10.8 Å². The molecule has 0 bridgehead atoms. The van der Waals surface area contributed by atoms with Crippen molar-refractivity contribution in [3.63, 3.8) is 0 Å². The lowest BCUT2D eigenvalue weighted by Crippen LogP contribution is -2.09. The minimum Gasteiger partial charge on any atom is -0.478 e. The Morgan fingerprint density at radius 2 is 2.33 bits per heavy atom. The zero-order valence-corrected chi connectivity index (χ0v) is 8.45. The van der Waals surface area contributed by atoms with E-state index < -0.39 is 5.97 Å². The highest BCUT2D eigenvalue weighted by Crippen LogP contribution is 2.40. The van der Waals surface area contributed by atoms with Crippen LogP contribution in [0.4, 0.5) is 11.5 Å². The van der Waals surface area contributed by atoms with Gasteiger partial charge >= 0.3 is 5.97 Å². The second-order valence-corrected chi connectivity index (χ2v) is 3.69. The zero-order chi connectivity index (χ0) is 11.0. The van der Waals surface area contributed by atoms with E-state index in [-0.39, 0.29) is 11.3 Å². The first-order valence-corrected chi connectivity index (χ1v) is 4.85. The molecular formula is C10H13N3O2. The summed E-state index contributed by atoms with van der Waals surface area (Å²) in [5.74, 6) is -0.138. The third kappa shape index (κ3) is 1.72. The summed E-state index contributed by atoms with van der Waals surface area (Å²) in [6, 6.07) is 1.58. The van der Waals surface area contributed by atoms with Crippen molar-refractivity contribution in [2.24, 2.45) is 0 Å². The largest absolute Gasteiger partial charge is 0.478 e. The summed E-state index contributed by atoms with van der Waals surface area (Å²) in [5, 5.41) is 11.8. The van der Waals surface area contributed by atoms with Crippen molar-refractivity contribution >= 4 is 17.5 Å². The van der Waals surface area contributed by atoms with Crippen molar-refractivity contribution in [1.29, 1.82) is 0 Å². The van der Waals surface area contributed by atoms with Crippen LogP contribution in [0.25, 0.3) is 0 Å². The van der Waals surface area contributed by atoms with Crippen molar-refractivity contribution in [3.05, 3.63) is 17.3 Å². The molecule has 0 unspecified atom stereocenters. The van der Waals surface area contributed by atoms with Gasteiger partial charge < -0.3 is 16.2 Å². The molecule has 5 nitrogen and oxygen atoms in total. The fraction of sp³-hybridized carbons (Fsp3) is 0.400. The molecule has 1 aliphatic rings. The number of nitrogen functional groups attached to an aromatic ring is 1. The number of aromatic carboxylic acids is 1. The molecule has 0 radical (unpaired) electrons. The van der Waals surface area contributed by atoms with Crippen molar-refractivity contribution in [3.8, 4) is 0 Å². The molecule has 15 heavy (non-hydrogen) atoms. The van der Waals surface area contributed by atoms with Crippen molar-refractivity contribution in [2.45, 2.75) is 18.8 Å². The van der Waals surface area contributed by atoms with Crippen LogP contribution in [-0.2, 0) is 0 Å². The first-order valence-electron chi connectivity index (χ1n) is 4.85. The Kier molecular flexibility index (Phi) is 2.22. The Morgan fingerprint density at radius 1 is 1.67 bits per heavy atom. The van der Waals surface area contributed by atoms with Crippen LogP contribution in [0.5, 0.6) is 0 Å². The molecule has 1 heterocycles. The number of pyridine rings is 1. The van der Waals surface area contributed by atoms with Gasteiger partial charge in [0.05, 0.1) is 11.3 Å². The fourth-order valence-corrected chi connectivity index (χ4v) is 1.53. The van der Waals surface area contributed by atoms with Crippen LogP contribution < -0.4 is 11.1 Å². The quantitative estimate of drug-likeness (QED) is 0.694. The number of carbonyl (C=O) groups is 1. The molecule has 0 aromatic carbocycles. The van der Waals surface area contributed by atoms with E-state index in [9.17, 15) is 4.79 Å². The minimum absolute atomic E-state index is 0.135. The Balaban J connectivity index is 2.52. The van der Waals surface area contributed by atoms with Gasteiger partial charge in [-0.2, -0.15) is 0 Å². The lowest BCUT2D eigenvalue weighted by Gasteiger charge is -2.09. The molecule has 5 heteroatoms. The Morgan fingerprint density at radius 3 is 2.80 bits per heavy atom. The molecule has 1 fully saturated rings. The summed E-state index contributed by atoms with van der Waals surface area (Å²) < 4.78 is 0. The van der Waals surface area contributed by atoms with Gasteiger partial charge in [0, 0.05) is 18.7 Å². The fourth-order valence-electron chi connectivity index (χ4n) is 1.53. The van der Waals surface area contributed by atoms with Crippen LogP contribution in [0.3, 0.4) is 0 Å². The average Bonchev–Trinajstić information content (AvgIpc) is 3.01. The molecule has 1 saturated carbocycles. The first-order chi connectivity index (χ1) is 7.13. The van der Waals surface area contributed by atoms with E-state index in [1.54, 1.807) is 13.1 Å². The monoisotopic (exact) mass is 207 g/mol. The van der Waals surface area contributed by atoms with Crippen LogP contribution >= 0.6 is 0 Å². The molecule has 1 aliphatic carbocycles. The Bertz CT molecular complexity index is 413. The number of nitrogens with zero attached hydrogens (tertiary/aromatic N) is 1. The second kappa shape index (κ2) is 3.42. The molecular weight excluding hydrogens is 194 g/mol. The van der Waals surface area contributed by atoms with Crippen LogP contribution in [0, 0.1) is 0 Å². The lowest BCUT2D eigenvalue weighted by molar-refractivity contribution is 0.0698. The predicted octanol–water partition coefficient (Wildman–Crippen LogP) is 1.28. The SMILES string of the molecule is CNc1nc(C2CC2)cc(C(=O)O)c1N. The highest BCUT2D eigenvalue weighted by atomic mass is 16.4. The molecule has 1 aromatic rings. The minimum atomic E-state index is -1.01. The maximum absolute atomic E-state index is 10.9. The van der Waals surface area contributed by atoms with Gasteiger partial charge in [-0.1, -0.05) is 0 Å². The molecule has 2 rings (SSSR count). The van der Waals surface area contributed by atoms with E-state index in [0.717, 1.165) is 18.5 Å². The zero-order valence-electron chi connectivity index (χ0n) is 8.45. The van der Waals surface area contributed by atoms with E-state index in [0.29, 0.717) is 11.7 Å². The third-order valence-electron chi connectivity index (χ3n) is 2.54. The van der Waals surface area contributed by atoms with Gasteiger partial charge in [0.1, 0.15) is 5.82 Å². The Hall–Kier alpha value is -1.78. The standard InChI is InChI=1S/C10H13N3O2/c1-12-9-8(11)6(10(14)15)4-7(13-9)5-2-3-5/h4-5H,2-3,11H2,1H3,(H,12,13)(H,14,15). The summed E-state index contributed by atoms with van der Waals surface area (Å²) in [6.45, 7) is 0. The Labute approximate surface area is 87.3 Å². The summed E-state index contributed by atoms with van der Waals surface area (Å²) in [6.07, 6.45) is 2.16. The number of anilines is 2. The smallest absolute Gasteiger partial charge is 0.338 e. The van der Waals surface area contributed by atoms with Gasteiger partial charge in [-0.05, 0) is 18.9 Å². The highest BCUT2D eigenvalue weighted by Gasteiger charge is 2.27. The predicted molar refractivity (Wildman–Crippen MR) is 57.1 cm³/mol. The second-order valence-electron chi connectivity index (χ2n) is 3.69. The molecule has 4 N–H and O–H groups in total. The maximum Gasteiger partial charge on any atom is 0.338 e. The van der Waals surface area contributed by atoms with Gasteiger partial charge in [-0.3, -0.25) is 0 Å². The number of carboxylic acids is 1. The summed E-state index contributed by atoms with van der Waals surface area (Å²) in [5.41, 5.74) is 6.84. The highest BCUT2D eigenvalue weighted by molar-refractivity contribution is 5.96.